The fraction of sp³-hybridized carbons (Fsp3) is 0.381. The Labute approximate surface area is 154 Å². The summed E-state index contributed by atoms with van der Waals surface area (Å²) in [4.78, 5) is 2.58. The van der Waals surface area contributed by atoms with Crippen LogP contribution in [-0.4, -0.2) is 31.1 Å². The lowest BCUT2D eigenvalue weighted by atomic mass is 10.0. The fourth-order valence-electron chi connectivity index (χ4n) is 3.98. The smallest absolute Gasteiger partial charge is 0.170 e. The molecule has 1 atom stereocenters. The van der Waals surface area contributed by atoms with Crippen LogP contribution in [0, 0.1) is 0 Å². The van der Waals surface area contributed by atoms with E-state index in [2.05, 4.69) is 57.7 Å². The highest BCUT2D eigenvalue weighted by Gasteiger charge is 2.29. The van der Waals surface area contributed by atoms with Gasteiger partial charge in [0.05, 0.1) is 12.2 Å². The summed E-state index contributed by atoms with van der Waals surface area (Å²) in [6.45, 7) is 3.05. The standard InChI is InChI=1S/C21H25N5/c1-17(18-10-4-2-5-11-18)25(19-12-8-9-13-19)16-21-22-23-24-26(21)20-14-6-3-7-15-20/h2-7,10-11,14-15,17,19H,8-9,12-13,16H2,1H3. The molecule has 1 aliphatic carbocycles. The topological polar surface area (TPSA) is 46.8 Å². The first-order valence-electron chi connectivity index (χ1n) is 9.46. The van der Waals surface area contributed by atoms with Crippen LogP contribution in [0.15, 0.2) is 60.7 Å². The van der Waals surface area contributed by atoms with E-state index >= 15 is 0 Å². The van der Waals surface area contributed by atoms with Gasteiger partial charge in [-0.05, 0) is 47.9 Å². The van der Waals surface area contributed by atoms with E-state index in [1.807, 2.05) is 35.0 Å². The van der Waals surface area contributed by atoms with Gasteiger partial charge < -0.3 is 0 Å². The Morgan fingerprint density at radius 1 is 1.00 bits per heavy atom. The molecular weight excluding hydrogens is 322 g/mol. The summed E-state index contributed by atoms with van der Waals surface area (Å²) in [5.41, 5.74) is 2.35. The molecule has 0 radical (unpaired) electrons. The van der Waals surface area contributed by atoms with Gasteiger partial charge in [-0.15, -0.1) is 5.10 Å². The van der Waals surface area contributed by atoms with Crippen LogP contribution < -0.4 is 0 Å². The van der Waals surface area contributed by atoms with Crippen molar-refractivity contribution in [2.75, 3.05) is 0 Å². The van der Waals surface area contributed by atoms with Crippen LogP contribution in [0.1, 0.15) is 50.0 Å². The molecule has 1 aliphatic rings. The van der Waals surface area contributed by atoms with Gasteiger partial charge in [-0.2, -0.15) is 4.68 Å². The maximum Gasteiger partial charge on any atom is 0.170 e. The Morgan fingerprint density at radius 2 is 1.65 bits per heavy atom. The molecule has 2 aromatic carbocycles. The van der Waals surface area contributed by atoms with Gasteiger partial charge in [-0.25, -0.2) is 0 Å². The summed E-state index contributed by atoms with van der Waals surface area (Å²) < 4.78 is 1.86. The summed E-state index contributed by atoms with van der Waals surface area (Å²) in [5, 5.41) is 12.5. The predicted octanol–water partition coefficient (Wildman–Crippen LogP) is 4.17. The lowest BCUT2D eigenvalue weighted by Crippen LogP contribution is -2.36. The quantitative estimate of drug-likeness (QED) is 0.671. The van der Waals surface area contributed by atoms with Gasteiger partial charge in [0, 0.05) is 12.1 Å². The zero-order chi connectivity index (χ0) is 17.8. The minimum absolute atomic E-state index is 0.334. The van der Waals surface area contributed by atoms with Crippen molar-refractivity contribution in [1.82, 2.24) is 25.1 Å². The van der Waals surface area contributed by atoms with Crippen molar-refractivity contribution in [3.63, 3.8) is 0 Å². The molecule has 3 aromatic rings. The third-order valence-electron chi connectivity index (χ3n) is 5.43. The van der Waals surface area contributed by atoms with E-state index in [0.717, 1.165) is 18.1 Å². The summed E-state index contributed by atoms with van der Waals surface area (Å²) >= 11 is 0. The van der Waals surface area contributed by atoms with E-state index in [0.29, 0.717) is 12.1 Å². The average Bonchev–Trinajstić information content (AvgIpc) is 3.39. The first kappa shape index (κ1) is 16.9. The van der Waals surface area contributed by atoms with E-state index in [1.54, 1.807) is 0 Å². The van der Waals surface area contributed by atoms with Crippen LogP contribution in [0.4, 0.5) is 0 Å². The number of benzene rings is 2. The maximum absolute atomic E-state index is 4.34. The zero-order valence-corrected chi connectivity index (χ0v) is 15.2. The maximum atomic E-state index is 4.34. The highest BCUT2D eigenvalue weighted by atomic mass is 15.5. The molecule has 0 amide bonds. The highest BCUT2D eigenvalue weighted by Crippen LogP contribution is 2.32. The van der Waals surface area contributed by atoms with Crippen LogP contribution >= 0.6 is 0 Å². The second-order valence-corrected chi connectivity index (χ2v) is 7.04. The molecule has 5 heteroatoms. The van der Waals surface area contributed by atoms with Crippen molar-refractivity contribution in [3.8, 4) is 5.69 Å². The van der Waals surface area contributed by atoms with Crippen molar-refractivity contribution < 1.29 is 0 Å². The van der Waals surface area contributed by atoms with Crippen LogP contribution in [-0.2, 0) is 6.54 Å². The Hall–Kier alpha value is -2.53. The Bertz CT molecular complexity index is 809. The lowest BCUT2D eigenvalue weighted by molar-refractivity contribution is 0.131. The number of hydrogen-bond donors (Lipinski definition) is 0. The van der Waals surface area contributed by atoms with E-state index in [-0.39, 0.29) is 0 Å². The van der Waals surface area contributed by atoms with Crippen LogP contribution in [0.5, 0.6) is 0 Å². The molecule has 26 heavy (non-hydrogen) atoms. The molecule has 1 aromatic heterocycles. The lowest BCUT2D eigenvalue weighted by Gasteiger charge is -2.34. The molecular formula is C21H25N5. The summed E-state index contributed by atoms with van der Waals surface area (Å²) in [6.07, 6.45) is 5.13. The molecule has 1 saturated carbocycles. The highest BCUT2D eigenvalue weighted by molar-refractivity contribution is 5.30. The second kappa shape index (κ2) is 7.79. The van der Waals surface area contributed by atoms with Gasteiger partial charge in [-0.3, -0.25) is 4.90 Å². The van der Waals surface area contributed by atoms with Crippen LogP contribution in [0.2, 0.25) is 0 Å². The van der Waals surface area contributed by atoms with Crippen molar-refractivity contribution in [2.45, 2.75) is 51.2 Å². The first-order valence-corrected chi connectivity index (χ1v) is 9.46. The van der Waals surface area contributed by atoms with Crippen molar-refractivity contribution in [3.05, 3.63) is 72.1 Å². The summed E-state index contributed by atoms with van der Waals surface area (Å²) in [5.74, 6) is 0.894. The fourth-order valence-corrected chi connectivity index (χ4v) is 3.98. The van der Waals surface area contributed by atoms with Crippen molar-refractivity contribution >= 4 is 0 Å². The largest absolute Gasteiger partial charge is 0.286 e. The Kier molecular flexibility index (Phi) is 5.07. The number of rotatable bonds is 6. The van der Waals surface area contributed by atoms with Crippen LogP contribution in [0.3, 0.4) is 0 Å². The molecule has 134 valence electrons. The minimum atomic E-state index is 0.334. The molecule has 4 rings (SSSR count). The van der Waals surface area contributed by atoms with Crippen LogP contribution in [0.25, 0.3) is 5.69 Å². The van der Waals surface area contributed by atoms with E-state index in [9.17, 15) is 0 Å². The number of tetrazole rings is 1. The predicted molar refractivity (Wildman–Crippen MR) is 102 cm³/mol. The van der Waals surface area contributed by atoms with Crippen molar-refractivity contribution in [2.24, 2.45) is 0 Å². The molecule has 1 fully saturated rings. The molecule has 5 nitrogen and oxygen atoms in total. The van der Waals surface area contributed by atoms with E-state index in [4.69, 9.17) is 0 Å². The molecule has 1 heterocycles. The molecule has 1 unspecified atom stereocenters. The number of nitrogens with zero attached hydrogens (tertiary/aromatic N) is 5. The summed E-state index contributed by atoms with van der Waals surface area (Å²) in [7, 11) is 0. The third-order valence-corrected chi connectivity index (χ3v) is 5.43. The molecule has 0 saturated heterocycles. The third kappa shape index (κ3) is 3.53. The zero-order valence-electron chi connectivity index (χ0n) is 15.2. The number of hydrogen-bond acceptors (Lipinski definition) is 4. The normalized spacial score (nSPS) is 16.2. The molecule has 0 spiro atoms. The van der Waals surface area contributed by atoms with Gasteiger partial charge in [0.1, 0.15) is 0 Å². The van der Waals surface area contributed by atoms with E-state index < -0.39 is 0 Å². The number of aromatic nitrogens is 4. The van der Waals surface area contributed by atoms with Gasteiger partial charge in [0.25, 0.3) is 0 Å². The van der Waals surface area contributed by atoms with Gasteiger partial charge in [0.2, 0.25) is 0 Å². The van der Waals surface area contributed by atoms with Gasteiger partial charge >= 0.3 is 0 Å². The van der Waals surface area contributed by atoms with Gasteiger partial charge in [-0.1, -0.05) is 61.4 Å². The second-order valence-electron chi connectivity index (χ2n) is 7.04. The first-order chi connectivity index (χ1) is 12.8. The molecule has 0 aliphatic heterocycles. The number of para-hydroxylation sites is 1. The van der Waals surface area contributed by atoms with Crippen molar-refractivity contribution in [1.29, 1.82) is 0 Å². The average molecular weight is 347 g/mol. The molecule has 0 N–H and O–H groups in total. The summed E-state index contributed by atoms with van der Waals surface area (Å²) in [6, 6.07) is 21.8. The minimum Gasteiger partial charge on any atom is -0.286 e. The Balaban J connectivity index is 1.63. The Morgan fingerprint density at radius 3 is 2.35 bits per heavy atom. The van der Waals surface area contributed by atoms with E-state index in [1.165, 1.54) is 31.2 Å². The van der Waals surface area contributed by atoms with Gasteiger partial charge in [0.15, 0.2) is 5.82 Å². The molecule has 0 bridgehead atoms. The SMILES string of the molecule is CC(c1ccccc1)N(Cc1nnnn1-c1ccccc1)C1CCCC1. The monoisotopic (exact) mass is 347 g/mol.